The van der Waals surface area contributed by atoms with Gasteiger partial charge in [-0.25, -0.2) is 4.99 Å². The second-order valence-electron chi connectivity index (χ2n) is 6.10. The fraction of sp³-hybridized carbons (Fsp3) is 0.158. The third-order valence-electron chi connectivity index (χ3n) is 4.40. The molecule has 0 bridgehead atoms. The van der Waals surface area contributed by atoms with Gasteiger partial charge in [-0.2, -0.15) is 5.10 Å². The summed E-state index contributed by atoms with van der Waals surface area (Å²) in [6.45, 7) is 1.81. The maximum absolute atomic E-state index is 12.6. The Kier molecular flexibility index (Phi) is 4.72. The number of amidine groups is 1. The van der Waals surface area contributed by atoms with Gasteiger partial charge in [0.25, 0.3) is 11.8 Å². The second-order valence-corrected chi connectivity index (χ2v) is 7.50. The molecule has 0 aromatic heterocycles. The molecule has 0 saturated carbocycles. The van der Waals surface area contributed by atoms with Gasteiger partial charge in [0.1, 0.15) is 0 Å². The van der Waals surface area contributed by atoms with Crippen LogP contribution in [-0.2, 0) is 0 Å². The summed E-state index contributed by atoms with van der Waals surface area (Å²) in [5.41, 5.74) is 5.27. The zero-order valence-corrected chi connectivity index (χ0v) is 15.9. The molecule has 27 heavy (non-hydrogen) atoms. The molecule has 0 saturated heterocycles. The third kappa shape index (κ3) is 3.36. The number of rotatable bonds is 3. The van der Waals surface area contributed by atoms with Gasteiger partial charge in [-0.15, -0.1) is 0 Å². The Labute approximate surface area is 165 Å². The van der Waals surface area contributed by atoms with Crippen molar-refractivity contribution in [1.82, 2.24) is 10.3 Å². The van der Waals surface area contributed by atoms with E-state index in [0.29, 0.717) is 32.8 Å². The van der Waals surface area contributed by atoms with Gasteiger partial charge in [0.2, 0.25) is 0 Å². The Bertz CT molecular complexity index is 952. The van der Waals surface area contributed by atoms with E-state index in [1.54, 1.807) is 36.4 Å². The summed E-state index contributed by atoms with van der Waals surface area (Å²) in [6, 6.07) is 13.6. The lowest BCUT2D eigenvalue weighted by molar-refractivity contribution is 0.0634. The van der Waals surface area contributed by atoms with Crippen molar-refractivity contribution in [3.05, 3.63) is 64.7 Å². The first kappa shape index (κ1) is 17.8. The van der Waals surface area contributed by atoms with Crippen LogP contribution in [0.5, 0.6) is 0 Å². The number of hydrazone groups is 1. The van der Waals surface area contributed by atoms with Crippen LogP contribution in [0.15, 0.2) is 58.6 Å². The number of nitrogens with one attached hydrogen (secondary N) is 1. The maximum Gasteiger partial charge on any atom is 0.262 e. The molecule has 2 aromatic rings. The summed E-state index contributed by atoms with van der Waals surface area (Å²) in [7, 11) is 0. The lowest BCUT2D eigenvalue weighted by Crippen LogP contribution is -2.45. The molecule has 0 fully saturated rings. The number of imide groups is 1. The smallest absolute Gasteiger partial charge is 0.262 e. The summed E-state index contributed by atoms with van der Waals surface area (Å²) in [5.74, 6) is -0.0265. The molecule has 4 rings (SSSR count). The highest BCUT2D eigenvalue weighted by molar-refractivity contribution is 8.14. The lowest BCUT2D eigenvalue weighted by atomic mass is 10.1. The molecule has 2 amide bonds. The van der Waals surface area contributed by atoms with Crippen LogP contribution in [0, 0.1) is 0 Å². The molecule has 8 heteroatoms. The Hall–Kier alpha value is -2.64. The van der Waals surface area contributed by atoms with E-state index in [1.165, 1.54) is 16.7 Å². The second kappa shape index (κ2) is 7.17. The number of carbonyl (C=O) groups is 2. The van der Waals surface area contributed by atoms with Crippen LogP contribution in [0.25, 0.3) is 0 Å². The fourth-order valence-electron chi connectivity index (χ4n) is 2.94. The van der Waals surface area contributed by atoms with E-state index >= 15 is 0 Å². The first-order valence-corrected chi connectivity index (χ1v) is 9.67. The van der Waals surface area contributed by atoms with Crippen LogP contribution in [0.2, 0.25) is 5.02 Å². The van der Waals surface area contributed by atoms with Gasteiger partial charge in [-0.3, -0.25) is 19.9 Å². The van der Waals surface area contributed by atoms with E-state index in [2.05, 4.69) is 15.5 Å². The van der Waals surface area contributed by atoms with Crippen molar-refractivity contribution in [2.45, 2.75) is 13.0 Å². The average Bonchev–Trinajstić information content (AvgIpc) is 2.95. The van der Waals surface area contributed by atoms with Crippen molar-refractivity contribution in [3.8, 4) is 0 Å². The largest absolute Gasteiger partial charge is 0.269 e. The summed E-state index contributed by atoms with van der Waals surface area (Å²) >= 11 is 7.35. The molecular formula is C19H15ClN4O2S. The summed E-state index contributed by atoms with van der Waals surface area (Å²) in [6.07, 6.45) is 0. The predicted octanol–water partition coefficient (Wildman–Crippen LogP) is 3.70. The molecule has 0 aliphatic carbocycles. The molecule has 1 N–H and O–H groups in total. The molecule has 0 radical (unpaired) electrons. The van der Waals surface area contributed by atoms with Crippen molar-refractivity contribution in [2.75, 3.05) is 5.75 Å². The maximum atomic E-state index is 12.6. The number of thioether (sulfide) groups is 1. The Balaban J connectivity index is 1.50. The summed E-state index contributed by atoms with van der Waals surface area (Å²) in [4.78, 5) is 31.0. The highest BCUT2D eigenvalue weighted by atomic mass is 35.5. The fourth-order valence-corrected chi connectivity index (χ4v) is 3.94. The molecule has 0 spiro atoms. The van der Waals surface area contributed by atoms with Gasteiger partial charge in [0, 0.05) is 10.8 Å². The quantitative estimate of drug-likeness (QED) is 0.800. The normalized spacial score (nSPS) is 19.0. The number of fused-ring (bicyclic) bond motifs is 1. The molecule has 2 aromatic carbocycles. The third-order valence-corrected chi connectivity index (χ3v) is 5.55. The van der Waals surface area contributed by atoms with E-state index in [9.17, 15) is 9.59 Å². The van der Waals surface area contributed by atoms with Gasteiger partial charge in [-0.05, 0) is 43.3 Å². The number of hydrogen-bond donors (Lipinski definition) is 1. The number of carbonyl (C=O) groups excluding carboxylic acids is 2. The Morgan fingerprint density at radius 2 is 1.74 bits per heavy atom. The average molecular weight is 399 g/mol. The molecule has 136 valence electrons. The van der Waals surface area contributed by atoms with Gasteiger partial charge in [-0.1, -0.05) is 35.5 Å². The van der Waals surface area contributed by atoms with E-state index in [4.69, 9.17) is 11.6 Å². The predicted molar refractivity (Wildman–Crippen MR) is 108 cm³/mol. The van der Waals surface area contributed by atoms with Crippen LogP contribution in [0.3, 0.4) is 0 Å². The van der Waals surface area contributed by atoms with Gasteiger partial charge >= 0.3 is 0 Å². The molecule has 1 unspecified atom stereocenters. The van der Waals surface area contributed by atoms with Crippen LogP contribution in [0.1, 0.15) is 27.6 Å². The number of hydrogen-bond acceptors (Lipinski definition) is 5. The SMILES string of the molecule is CC(C1=NNC(=Nc2ccc(Cl)cc2)SC1)N1C(=O)c2ccccc2C1=O. The summed E-state index contributed by atoms with van der Waals surface area (Å²) in [5, 5.41) is 5.64. The Morgan fingerprint density at radius 3 is 2.30 bits per heavy atom. The van der Waals surface area contributed by atoms with E-state index < -0.39 is 6.04 Å². The van der Waals surface area contributed by atoms with E-state index in [0.717, 1.165) is 5.69 Å². The molecule has 2 aliphatic rings. The van der Waals surface area contributed by atoms with Gasteiger partial charge in [0.05, 0.1) is 28.6 Å². The topological polar surface area (TPSA) is 74.1 Å². The highest BCUT2D eigenvalue weighted by Gasteiger charge is 2.40. The zero-order valence-electron chi connectivity index (χ0n) is 14.3. The standard InChI is InChI=1S/C19H15ClN4O2S/c1-11(24-17(25)14-4-2-3-5-15(14)18(24)26)16-10-27-19(23-22-16)21-13-8-6-12(20)7-9-13/h2-9,11H,10H2,1H3,(H,21,23). The molecule has 2 aliphatic heterocycles. The summed E-state index contributed by atoms with van der Waals surface area (Å²) < 4.78 is 0. The first-order valence-electron chi connectivity index (χ1n) is 8.31. The molecule has 1 atom stereocenters. The monoisotopic (exact) mass is 398 g/mol. The minimum Gasteiger partial charge on any atom is -0.269 e. The number of halogens is 1. The van der Waals surface area contributed by atoms with Gasteiger partial charge < -0.3 is 0 Å². The Morgan fingerprint density at radius 1 is 1.11 bits per heavy atom. The molecule has 2 heterocycles. The van der Waals surface area contributed by atoms with Crippen LogP contribution in [0.4, 0.5) is 5.69 Å². The number of aliphatic imine (C=N–C) groups is 1. The van der Waals surface area contributed by atoms with Gasteiger partial charge in [0.15, 0.2) is 5.17 Å². The minimum absolute atomic E-state index is 0.281. The van der Waals surface area contributed by atoms with E-state index in [-0.39, 0.29) is 11.8 Å². The minimum atomic E-state index is -0.436. The van der Waals surface area contributed by atoms with Crippen molar-refractivity contribution in [1.29, 1.82) is 0 Å². The van der Waals surface area contributed by atoms with Crippen molar-refractivity contribution in [2.24, 2.45) is 10.1 Å². The van der Waals surface area contributed by atoms with E-state index in [1.807, 2.05) is 19.1 Å². The number of amides is 2. The first-order chi connectivity index (χ1) is 13.0. The van der Waals surface area contributed by atoms with Crippen molar-refractivity contribution in [3.63, 3.8) is 0 Å². The molecule has 6 nitrogen and oxygen atoms in total. The van der Waals surface area contributed by atoms with Crippen LogP contribution < -0.4 is 5.43 Å². The van der Waals surface area contributed by atoms with Crippen LogP contribution >= 0.6 is 23.4 Å². The van der Waals surface area contributed by atoms with Crippen molar-refractivity contribution >= 4 is 51.7 Å². The van der Waals surface area contributed by atoms with Crippen LogP contribution in [-0.4, -0.2) is 39.4 Å². The lowest BCUT2D eigenvalue weighted by Gasteiger charge is -2.26. The number of nitrogens with zero attached hydrogens (tertiary/aromatic N) is 3. The molecular weight excluding hydrogens is 384 g/mol. The zero-order chi connectivity index (χ0) is 19.0. The number of benzene rings is 2. The van der Waals surface area contributed by atoms with Crippen molar-refractivity contribution < 1.29 is 9.59 Å². The highest BCUT2D eigenvalue weighted by Crippen LogP contribution is 2.26.